The fourth-order valence-electron chi connectivity index (χ4n) is 3.19. The number of benzene rings is 3. The van der Waals surface area contributed by atoms with Gasteiger partial charge in [-0.05, 0) is 42.0 Å². The smallest absolute Gasteiger partial charge is 0.453 e. The van der Waals surface area contributed by atoms with Crippen molar-refractivity contribution in [3.05, 3.63) is 94.3 Å². The van der Waals surface area contributed by atoms with Crippen LogP contribution in [0.5, 0.6) is 23.0 Å². The highest BCUT2D eigenvalue weighted by molar-refractivity contribution is 5.82. The van der Waals surface area contributed by atoms with Crippen molar-refractivity contribution in [2.45, 2.75) is 12.6 Å². The van der Waals surface area contributed by atoms with Crippen LogP contribution in [0, 0.1) is 0 Å². The van der Waals surface area contributed by atoms with Crippen molar-refractivity contribution in [3.8, 4) is 23.0 Å². The molecule has 0 aliphatic carbocycles. The molecule has 0 aliphatic heterocycles. The van der Waals surface area contributed by atoms with E-state index >= 15 is 0 Å². The summed E-state index contributed by atoms with van der Waals surface area (Å²) in [6.45, 7) is 0. The molecular weight excluding hydrogens is 453 g/mol. The van der Waals surface area contributed by atoms with E-state index in [2.05, 4.69) is 0 Å². The van der Waals surface area contributed by atoms with Crippen molar-refractivity contribution in [1.82, 2.24) is 0 Å². The van der Waals surface area contributed by atoms with Crippen LogP contribution in [-0.4, -0.2) is 13.1 Å². The fraction of sp³-hybridized carbons (Fsp3) is 0.120. The van der Waals surface area contributed by atoms with Gasteiger partial charge >= 0.3 is 12.1 Å². The van der Waals surface area contributed by atoms with Gasteiger partial charge in [0.05, 0.1) is 18.9 Å². The Bertz CT molecular complexity index is 1380. The van der Waals surface area contributed by atoms with Gasteiger partial charge < -0.3 is 18.6 Å². The van der Waals surface area contributed by atoms with Gasteiger partial charge in [0.25, 0.3) is 5.76 Å². The number of alkyl halides is 3. The topological polar surface area (TPSA) is 75.0 Å². The zero-order chi connectivity index (χ0) is 24.3. The Morgan fingerprint density at radius 2 is 1.56 bits per heavy atom. The number of hydrogen-bond donors (Lipinski definition) is 0. The van der Waals surface area contributed by atoms with Crippen LogP contribution in [0.3, 0.4) is 0 Å². The van der Waals surface area contributed by atoms with Gasteiger partial charge in [0, 0.05) is 6.07 Å². The molecule has 0 spiro atoms. The summed E-state index contributed by atoms with van der Waals surface area (Å²) in [5, 5.41) is -0.167. The molecule has 0 N–H and O–H groups in total. The maximum atomic E-state index is 13.7. The lowest BCUT2D eigenvalue weighted by molar-refractivity contribution is -0.154. The lowest BCUT2D eigenvalue weighted by Crippen LogP contribution is -2.16. The van der Waals surface area contributed by atoms with Crippen molar-refractivity contribution in [2.24, 2.45) is 0 Å². The SMILES string of the molecule is COc1ccc(Oc2c(C(F)(F)F)oc3cc(OC(=O)Cc4ccccc4)ccc3c2=O)cc1. The van der Waals surface area contributed by atoms with Crippen LogP contribution in [-0.2, 0) is 17.4 Å². The van der Waals surface area contributed by atoms with Crippen LogP contribution in [0.4, 0.5) is 13.2 Å². The summed E-state index contributed by atoms with van der Waals surface area (Å²) < 4.78 is 61.6. The summed E-state index contributed by atoms with van der Waals surface area (Å²) in [7, 11) is 1.43. The third kappa shape index (κ3) is 5.03. The Labute approximate surface area is 191 Å². The second-order valence-corrected chi connectivity index (χ2v) is 7.16. The van der Waals surface area contributed by atoms with Crippen molar-refractivity contribution in [2.75, 3.05) is 7.11 Å². The number of methoxy groups -OCH3 is 1. The van der Waals surface area contributed by atoms with Gasteiger partial charge in [-0.3, -0.25) is 9.59 Å². The van der Waals surface area contributed by atoms with E-state index in [1.165, 1.54) is 43.5 Å². The fourth-order valence-corrected chi connectivity index (χ4v) is 3.19. The summed E-state index contributed by atoms with van der Waals surface area (Å²) in [5.74, 6) is -2.84. The average Bonchev–Trinajstić information content (AvgIpc) is 2.81. The van der Waals surface area contributed by atoms with Crippen LogP contribution < -0.4 is 19.6 Å². The lowest BCUT2D eigenvalue weighted by atomic mass is 10.1. The van der Waals surface area contributed by atoms with Gasteiger partial charge in [0.2, 0.25) is 11.2 Å². The highest BCUT2D eigenvalue weighted by atomic mass is 19.4. The number of hydrogen-bond acceptors (Lipinski definition) is 6. The van der Waals surface area contributed by atoms with Gasteiger partial charge in [0.1, 0.15) is 22.8 Å². The molecule has 1 heterocycles. The van der Waals surface area contributed by atoms with Crippen molar-refractivity contribution in [1.29, 1.82) is 0 Å². The molecule has 6 nitrogen and oxygen atoms in total. The Morgan fingerprint density at radius 1 is 0.912 bits per heavy atom. The molecule has 0 atom stereocenters. The highest BCUT2D eigenvalue weighted by Gasteiger charge is 2.40. The standard InChI is InChI=1S/C25H17F3O6/c1-31-16-7-9-17(10-8-16)33-23-22(30)19-12-11-18(14-20(19)34-24(23)25(26,27)28)32-21(29)13-15-5-3-2-4-6-15/h2-12,14H,13H2,1H3. The maximum Gasteiger partial charge on any atom is 0.453 e. The van der Waals surface area contributed by atoms with Gasteiger partial charge in [-0.15, -0.1) is 0 Å². The predicted octanol–water partition coefficient (Wildman–Crippen LogP) is 5.76. The molecule has 0 unspecified atom stereocenters. The second-order valence-electron chi connectivity index (χ2n) is 7.16. The first kappa shape index (κ1) is 22.9. The normalized spacial score (nSPS) is 11.3. The van der Waals surface area contributed by atoms with Gasteiger partial charge in [0.15, 0.2) is 0 Å². The van der Waals surface area contributed by atoms with E-state index in [4.69, 9.17) is 18.6 Å². The molecule has 0 saturated carbocycles. The first-order valence-electron chi connectivity index (χ1n) is 9.99. The molecule has 0 amide bonds. The van der Waals surface area contributed by atoms with Crippen LogP contribution >= 0.6 is 0 Å². The van der Waals surface area contributed by atoms with Crippen molar-refractivity contribution < 1.29 is 36.6 Å². The van der Waals surface area contributed by atoms with Gasteiger partial charge in [-0.25, -0.2) is 0 Å². The largest absolute Gasteiger partial charge is 0.497 e. The molecule has 4 aromatic rings. The van der Waals surface area contributed by atoms with E-state index in [9.17, 15) is 22.8 Å². The molecule has 0 fully saturated rings. The summed E-state index contributed by atoms with van der Waals surface area (Å²) in [6, 6.07) is 18.0. The minimum absolute atomic E-state index is 0.00980. The number of halogens is 3. The predicted molar refractivity (Wildman–Crippen MR) is 116 cm³/mol. The average molecular weight is 470 g/mol. The molecule has 3 aromatic carbocycles. The second kappa shape index (κ2) is 9.30. The summed E-state index contributed by atoms with van der Waals surface area (Å²) in [5.41, 5.74) is -0.713. The van der Waals surface area contributed by atoms with Crippen molar-refractivity contribution >= 4 is 16.9 Å². The molecule has 34 heavy (non-hydrogen) atoms. The summed E-state index contributed by atoms with van der Waals surface area (Å²) in [4.78, 5) is 25.1. The molecule has 174 valence electrons. The van der Waals surface area contributed by atoms with Crippen molar-refractivity contribution in [3.63, 3.8) is 0 Å². The quantitative estimate of drug-likeness (QED) is 0.264. The lowest BCUT2D eigenvalue weighted by Gasteiger charge is -2.14. The molecule has 9 heteroatoms. The Balaban J connectivity index is 1.68. The molecule has 0 radical (unpaired) electrons. The van der Waals surface area contributed by atoms with Gasteiger partial charge in [-0.2, -0.15) is 13.2 Å². The molecule has 4 rings (SSSR count). The van der Waals surface area contributed by atoms with E-state index in [1.54, 1.807) is 30.3 Å². The molecular formula is C25H17F3O6. The minimum Gasteiger partial charge on any atom is -0.497 e. The van der Waals surface area contributed by atoms with Crippen LogP contribution in [0.25, 0.3) is 11.0 Å². The first-order chi connectivity index (χ1) is 16.2. The third-order valence-electron chi connectivity index (χ3n) is 4.78. The highest BCUT2D eigenvalue weighted by Crippen LogP contribution is 2.38. The van der Waals surface area contributed by atoms with Crippen LogP contribution in [0.1, 0.15) is 11.3 Å². The van der Waals surface area contributed by atoms with Crippen LogP contribution in [0.15, 0.2) is 82.0 Å². The zero-order valence-electron chi connectivity index (χ0n) is 17.7. The van der Waals surface area contributed by atoms with E-state index in [1.807, 2.05) is 0 Å². The minimum atomic E-state index is -5.02. The Kier molecular flexibility index (Phi) is 6.27. The molecule has 1 aromatic heterocycles. The van der Waals surface area contributed by atoms with E-state index < -0.39 is 34.7 Å². The molecule has 0 aliphatic rings. The number of rotatable bonds is 6. The Morgan fingerprint density at radius 3 is 2.21 bits per heavy atom. The summed E-state index contributed by atoms with van der Waals surface area (Å²) in [6.07, 6.45) is -5.06. The number of ether oxygens (including phenoxy) is 3. The van der Waals surface area contributed by atoms with E-state index in [0.29, 0.717) is 11.3 Å². The molecule has 0 saturated heterocycles. The number of carbonyl (C=O) groups is 1. The van der Waals surface area contributed by atoms with E-state index in [-0.39, 0.29) is 23.3 Å². The summed E-state index contributed by atoms with van der Waals surface area (Å²) >= 11 is 0. The molecule has 0 bridgehead atoms. The van der Waals surface area contributed by atoms with E-state index in [0.717, 1.165) is 6.07 Å². The Hall–Kier alpha value is -4.27. The number of fused-ring (bicyclic) bond motifs is 1. The monoisotopic (exact) mass is 470 g/mol. The number of esters is 1. The third-order valence-corrected chi connectivity index (χ3v) is 4.78. The first-order valence-corrected chi connectivity index (χ1v) is 9.99. The zero-order valence-corrected chi connectivity index (χ0v) is 17.7. The van der Waals surface area contributed by atoms with Crippen LogP contribution in [0.2, 0.25) is 0 Å². The maximum absolute atomic E-state index is 13.7. The number of carbonyl (C=O) groups excluding carboxylic acids is 1. The van der Waals surface area contributed by atoms with Gasteiger partial charge in [-0.1, -0.05) is 30.3 Å².